The van der Waals surface area contributed by atoms with Crippen molar-refractivity contribution in [3.05, 3.63) is 90.3 Å². The van der Waals surface area contributed by atoms with Gasteiger partial charge in [-0.1, -0.05) is 18.2 Å². The van der Waals surface area contributed by atoms with Crippen molar-refractivity contribution in [3.8, 4) is 5.75 Å². The molecular weight excluding hydrogens is 442 g/mol. The van der Waals surface area contributed by atoms with Gasteiger partial charge in [-0.2, -0.15) is 0 Å². The second-order valence-electron chi connectivity index (χ2n) is 7.39. The third-order valence-corrected chi connectivity index (χ3v) is 6.86. The Morgan fingerprint density at radius 2 is 1.76 bits per heavy atom. The smallest absolute Gasteiger partial charge is 0.267 e. The molecule has 0 saturated carbocycles. The van der Waals surface area contributed by atoms with Crippen LogP contribution in [0.4, 0.5) is 5.69 Å². The Morgan fingerprint density at radius 3 is 2.39 bits per heavy atom. The summed E-state index contributed by atoms with van der Waals surface area (Å²) >= 11 is 0. The van der Waals surface area contributed by atoms with Crippen molar-refractivity contribution in [2.75, 3.05) is 11.4 Å². The SMILES string of the molecule is COc1cccc(S(=O)(=O)N(c2cccc(C(=CC(=O)NO)c3ccncc3)c2)C(C)C)c1. The van der Waals surface area contributed by atoms with Crippen LogP contribution in [0.5, 0.6) is 5.75 Å². The number of carbonyl (C=O) groups excluding carboxylic acids is 1. The molecule has 1 heterocycles. The number of hydrogen-bond donors (Lipinski definition) is 2. The number of rotatable bonds is 8. The van der Waals surface area contributed by atoms with Gasteiger partial charge >= 0.3 is 0 Å². The molecule has 0 unspecified atom stereocenters. The van der Waals surface area contributed by atoms with Crippen LogP contribution in [0.2, 0.25) is 0 Å². The van der Waals surface area contributed by atoms with Gasteiger partial charge in [0.2, 0.25) is 0 Å². The van der Waals surface area contributed by atoms with Crippen LogP contribution in [0.3, 0.4) is 0 Å². The Hall–Kier alpha value is -3.69. The topological polar surface area (TPSA) is 109 Å². The number of carbonyl (C=O) groups is 1. The molecule has 9 heteroatoms. The Balaban J connectivity index is 2.14. The van der Waals surface area contributed by atoms with Gasteiger partial charge in [-0.3, -0.25) is 19.3 Å². The lowest BCUT2D eigenvalue weighted by atomic mass is 9.97. The van der Waals surface area contributed by atoms with Gasteiger partial charge in [0.1, 0.15) is 5.75 Å². The first-order valence-electron chi connectivity index (χ1n) is 10.1. The third kappa shape index (κ3) is 5.39. The van der Waals surface area contributed by atoms with Gasteiger partial charge in [-0.05, 0) is 66.9 Å². The number of pyridine rings is 1. The van der Waals surface area contributed by atoms with Gasteiger partial charge in [0.05, 0.1) is 17.7 Å². The van der Waals surface area contributed by atoms with Crippen LogP contribution in [-0.2, 0) is 14.8 Å². The average Bonchev–Trinajstić information content (AvgIpc) is 2.82. The summed E-state index contributed by atoms with van der Waals surface area (Å²) in [6, 6.07) is 16.2. The molecule has 2 N–H and O–H groups in total. The lowest BCUT2D eigenvalue weighted by Gasteiger charge is -2.29. The molecular formula is C24H25N3O5S. The summed E-state index contributed by atoms with van der Waals surface area (Å²) in [5.41, 5.74) is 3.79. The van der Waals surface area contributed by atoms with Gasteiger partial charge in [0, 0.05) is 30.6 Å². The van der Waals surface area contributed by atoms with Crippen molar-refractivity contribution < 1.29 is 23.2 Å². The summed E-state index contributed by atoms with van der Waals surface area (Å²) in [5.74, 6) is -0.275. The number of benzene rings is 2. The molecule has 0 spiro atoms. The summed E-state index contributed by atoms with van der Waals surface area (Å²) in [7, 11) is -2.44. The second-order valence-corrected chi connectivity index (χ2v) is 9.21. The standard InChI is InChI=1S/C24H25N3O5S/c1-17(2)27(33(30,31)22-9-5-8-21(15-22)32-3)20-7-4-6-19(14-20)23(16-24(28)26-29)18-10-12-25-13-11-18/h4-17,29H,1-3H3,(H,26,28). The molecule has 33 heavy (non-hydrogen) atoms. The lowest BCUT2D eigenvalue weighted by Crippen LogP contribution is -2.37. The monoisotopic (exact) mass is 467 g/mol. The number of anilines is 1. The van der Waals surface area contributed by atoms with Gasteiger partial charge in [0.25, 0.3) is 15.9 Å². The highest BCUT2D eigenvalue weighted by atomic mass is 32.2. The molecule has 3 aromatic rings. The van der Waals surface area contributed by atoms with Crippen molar-refractivity contribution in [3.63, 3.8) is 0 Å². The van der Waals surface area contributed by atoms with E-state index in [-0.39, 0.29) is 4.90 Å². The molecule has 0 aliphatic rings. The number of methoxy groups -OCH3 is 1. The van der Waals surface area contributed by atoms with Gasteiger partial charge in [-0.25, -0.2) is 13.9 Å². The van der Waals surface area contributed by atoms with Gasteiger partial charge < -0.3 is 4.74 Å². The number of hydrogen-bond acceptors (Lipinski definition) is 6. The lowest BCUT2D eigenvalue weighted by molar-refractivity contribution is -0.124. The van der Waals surface area contributed by atoms with Crippen LogP contribution in [-0.4, -0.2) is 37.7 Å². The second kappa shape index (κ2) is 10.3. The molecule has 172 valence electrons. The Labute approximate surface area is 193 Å². The molecule has 0 radical (unpaired) electrons. The minimum absolute atomic E-state index is 0.102. The highest BCUT2D eigenvalue weighted by Crippen LogP contribution is 2.31. The van der Waals surface area contributed by atoms with Crippen LogP contribution >= 0.6 is 0 Å². The minimum atomic E-state index is -3.92. The van der Waals surface area contributed by atoms with Crippen molar-refractivity contribution >= 4 is 27.2 Å². The van der Waals surface area contributed by atoms with E-state index >= 15 is 0 Å². The van der Waals surface area contributed by atoms with E-state index in [9.17, 15) is 13.2 Å². The Morgan fingerprint density at radius 1 is 1.06 bits per heavy atom. The molecule has 0 fully saturated rings. The minimum Gasteiger partial charge on any atom is -0.497 e. The molecule has 0 aliphatic carbocycles. The molecule has 8 nitrogen and oxygen atoms in total. The first-order valence-corrected chi connectivity index (χ1v) is 11.6. The summed E-state index contributed by atoms with van der Waals surface area (Å²) in [5, 5.41) is 9.01. The van der Waals surface area contributed by atoms with Gasteiger partial charge in [0.15, 0.2) is 0 Å². The van der Waals surface area contributed by atoms with Crippen molar-refractivity contribution in [1.29, 1.82) is 0 Å². The first kappa shape index (κ1) is 24.0. The third-order valence-electron chi connectivity index (χ3n) is 4.86. The van der Waals surface area contributed by atoms with Crippen molar-refractivity contribution in [2.45, 2.75) is 24.8 Å². The highest BCUT2D eigenvalue weighted by Gasteiger charge is 2.28. The maximum absolute atomic E-state index is 13.6. The molecule has 1 amide bonds. The number of hydroxylamine groups is 1. The zero-order valence-corrected chi connectivity index (χ0v) is 19.3. The number of aromatic nitrogens is 1. The van der Waals surface area contributed by atoms with E-state index in [1.54, 1.807) is 80.3 Å². The number of nitrogens with zero attached hydrogens (tertiary/aromatic N) is 2. The fraction of sp³-hybridized carbons (Fsp3) is 0.167. The quantitative estimate of drug-likeness (QED) is 0.298. The van der Waals surface area contributed by atoms with E-state index in [1.165, 1.54) is 29.6 Å². The van der Waals surface area contributed by atoms with E-state index in [0.717, 1.165) is 0 Å². The van der Waals surface area contributed by atoms with Crippen LogP contribution < -0.4 is 14.5 Å². The number of amides is 1. The molecule has 0 bridgehead atoms. The average molecular weight is 468 g/mol. The highest BCUT2D eigenvalue weighted by molar-refractivity contribution is 7.92. The number of sulfonamides is 1. The van der Waals surface area contributed by atoms with E-state index < -0.39 is 22.0 Å². The molecule has 3 rings (SSSR count). The van der Waals surface area contributed by atoms with Crippen LogP contribution in [0.15, 0.2) is 84.0 Å². The van der Waals surface area contributed by atoms with Gasteiger partial charge in [-0.15, -0.1) is 0 Å². The summed E-state index contributed by atoms with van der Waals surface area (Å²) in [4.78, 5) is 16.0. The largest absolute Gasteiger partial charge is 0.497 e. The molecule has 1 aromatic heterocycles. The van der Waals surface area contributed by atoms with E-state index in [2.05, 4.69) is 4.98 Å². The fourth-order valence-electron chi connectivity index (χ4n) is 3.43. The zero-order valence-electron chi connectivity index (χ0n) is 18.5. The maximum atomic E-state index is 13.6. The summed E-state index contributed by atoms with van der Waals surface area (Å²) in [6.45, 7) is 3.56. The van der Waals surface area contributed by atoms with Crippen molar-refractivity contribution in [1.82, 2.24) is 10.5 Å². The van der Waals surface area contributed by atoms with Crippen LogP contribution in [0, 0.1) is 0 Å². The normalized spacial score (nSPS) is 11.8. The number of nitrogens with one attached hydrogen (secondary N) is 1. The maximum Gasteiger partial charge on any atom is 0.267 e. The Bertz CT molecular complexity index is 1260. The zero-order chi connectivity index (χ0) is 24.0. The number of ether oxygens (including phenoxy) is 1. The van der Waals surface area contributed by atoms with E-state index in [1.807, 2.05) is 0 Å². The fourth-order valence-corrected chi connectivity index (χ4v) is 5.12. The predicted molar refractivity (Wildman–Crippen MR) is 125 cm³/mol. The van der Waals surface area contributed by atoms with Crippen molar-refractivity contribution in [2.24, 2.45) is 0 Å². The molecule has 0 atom stereocenters. The Kier molecular flexibility index (Phi) is 7.47. The molecule has 0 aliphatic heterocycles. The van der Waals surface area contributed by atoms with Crippen LogP contribution in [0.1, 0.15) is 25.0 Å². The molecule has 2 aromatic carbocycles. The summed E-state index contributed by atoms with van der Waals surface area (Å²) in [6.07, 6.45) is 4.40. The predicted octanol–water partition coefficient (Wildman–Crippen LogP) is 3.63. The van der Waals surface area contributed by atoms with E-state index in [0.29, 0.717) is 28.1 Å². The molecule has 0 saturated heterocycles. The van der Waals surface area contributed by atoms with Crippen LogP contribution in [0.25, 0.3) is 5.57 Å². The first-order chi connectivity index (χ1) is 15.8. The van der Waals surface area contributed by atoms with E-state index in [4.69, 9.17) is 9.94 Å². The summed E-state index contributed by atoms with van der Waals surface area (Å²) < 4.78 is 33.6.